The summed E-state index contributed by atoms with van der Waals surface area (Å²) >= 11 is 3.08. The van der Waals surface area contributed by atoms with Crippen molar-refractivity contribution in [1.82, 2.24) is 0 Å². The maximum atomic E-state index is 13.2. The first-order chi connectivity index (χ1) is 12.4. The van der Waals surface area contributed by atoms with Crippen molar-refractivity contribution < 1.29 is 8.42 Å². The SMILES string of the molecule is CS(=O)(=O)c1ccc(-c2sc3ccccc3c(=O)c2-c2cccs2)cc1. The zero-order valence-electron chi connectivity index (χ0n) is 13.8. The van der Waals surface area contributed by atoms with Crippen LogP contribution in [0.4, 0.5) is 0 Å². The van der Waals surface area contributed by atoms with Gasteiger partial charge in [0.25, 0.3) is 0 Å². The second-order valence-corrected chi connectivity index (χ2v) is 9.92. The normalized spacial score (nSPS) is 11.7. The van der Waals surface area contributed by atoms with E-state index in [2.05, 4.69) is 0 Å². The van der Waals surface area contributed by atoms with E-state index in [1.807, 2.05) is 41.8 Å². The summed E-state index contributed by atoms with van der Waals surface area (Å²) in [6.45, 7) is 0. The van der Waals surface area contributed by atoms with E-state index in [-0.39, 0.29) is 10.3 Å². The lowest BCUT2D eigenvalue weighted by molar-refractivity contribution is 0.602. The molecule has 3 nitrogen and oxygen atoms in total. The van der Waals surface area contributed by atoms with Crippen molar-refractivity contribution in [2.45, 2.75) is 4.90 Å². The van der Waals surface area contributed by atoms with Gasteiger partial charge in [0.2, 0.25) is 0 Å². The molecule has 0 unspecified atom stereocenters. The van der Waals surface area contributed by atoms with Crippen LogP contribution in [0.5, 0.6) is 0 Å². The molecule has 4 aromatic rings. The Kier molecular flexibility index (Phi) is 4.26. The summed E-state index contributed by atoms with van der Waals surface area (Å²) in [5.41, 5.74) is 1.52. The third-order valence-corrected chi connectivity index (χ3v) is 7.35. The molecule has 2 aromatic heterocycles. The van der Waals surface area contributed by atoms with Crippen LogP contribution in [0, 0.1) is 0 Å². The Balaban J connectivity index is 2.03. The quantitative estimate of drug-likeness (QED) is 0.485. The third-order valence-electron chi connectivity index (χ3n) is 4.11. The fourth-order valence-corrected chi connectivity index (χ4v) is 5.51. The molecule has 0 amide bonds. The van der Waals surface area contributed by atoms with Crippen molar-refractivity contribution in [2.75, 3.05) is 6.26 Å². The minimum absolute atomic E-state index is 0.00369. The molecule has 2 heterocycles. The molecule has 130 valence electrons. The molecule has 0 radical (unpaired) electrons. The molecule has 0 aliphatic carbocycles. The van der Waals surface area contributed by atoms with Crippen LogP contribution in [-0.4, -0.2) is 14.7 Å². The minimum atomic E-state index is -3.25. The second kappa shape index (κ2) is 6.46. The predicted molar refractivity (Wildman–Crippen MR) is 110 cm³/mol. The molecule has 4 rings (SSSR count). The molecule has 0 N–H and O–H groups in total. The molecule has 0 aliphatic heterocycles. The maximum Gasteiger partial charge on any atom is 0.197 e. The Morgan fingerprint density at radius 1 is 0.885 bits per heavy atom. The smallest absolute Gasteiger partial charge is 0.197 e. The van der Waals surface area contributed by atoms with E-state index in [9.17, 15) is 13.2 Å². The standard InChI is InChI=1S/C20H14O3S3/c1-26(22,23)14-10-8-13(9-11-14)20-18(17-7-4-12-24-17)19(21)15-5-2-3-6-16(15)25-20/h2-12H,1H3. The van der Waals surface area contributed by atoms with E-state index in [1.54, 1.807) is 35.6 Å². The summed E-state index contributed by atoms with van der Waals surface area (Å²) in [4.78, 5) is 15.2. The highest BCUT2D eigenvalue weighted by Crippen LogP contribution is 2.38. The lowest BCUT2D eigenvalue weighted by atomic mass is 10.1. The van der Waals surface area contributed by atoms with Crippen LogP contribution in [-0.2, 0) is 9.84 Å². The van der Waals surface area contributed by atoms with Crippen LogP contribution in [0.3, 0.4) is 0 Å². The van der Waals surface area contributed by atoms with E-state index in [4.69, 9.17) is 0 Å². The number of rotatable bonds is 3. The van der Waals surface area contributed by atoms with E-state index >= 15 is 0 Å². The summed E-state index contributed by atoms with van der Waals surface area (Å²) in [5, 5.41) is 2.66. The molecule has 0 spiro atoms. The highest BCUT2D eigenvalue weighted by molar-refractivity contribution is 7.90. The molecule has 0 saturated heterocycles. The molecule has 0 aliphatic rings. The molecule has 26 heavy (non-hydrogen) atoms. The first-order valence-corrected chi connectivity index (χ1v) is 11.4. The van der Waals surface area contributed by atoms with E-state index in [1.165, 1.54) is 17.6 Å². The van der Waals surface area contributed by atoms with Gasteiger partial charge in [-0.25, -0.2) is 8.42 Å². The molecular formula is C20H14O3S3. The zero-order chi connectivity index (χ0) is 18.3. The molecule has 6 heteroatoms. The Morgan fingerprint density at radius 3 is 2.27 bits per heavy atom. The first-order valence-electron chi connectivity index (χ1n) is 7.85. The summed E-state index contributed by atoms with van der Waals surface area (Å²) < 4.78 is 24.4. The Hall–Kier alpha value is -2.28. The van der Waals surface area contributed by atoms with Gasteiger partial charge in [0.1, 0.15) is 0 Å². The van der Waals surface area contributed by atoms with Crippen LogP contribution in [0.2, 0.25) is 0 Å². The highest BCUT2D eigenvalue weighted by Gasteiger charge is 2.17. The van der Waals surface area contributed by atoms with Crippen LogP contribution >= 0.6 is 22.7 Å². The van der Waals surface area contributed by atoms with Crippen molar-refractivity contribution in [3.63, 3.8) is 0 Å². The average Bonchev–Trinajstić information content (AvgIpc) is 3.15. The van der Waals surface area contributed by atoms with E-state index in [0.29, 0.717) is 10.9 Å². The number of hydrogen-bond acceptors (Lipinski definition) is 5. The van der Waals surface area contributed by atoms with Gasteiger partial charge in [0.15, 0.2) is 15.3 Å². The second-order valence-electron chi connectivity index (χ2n) is 5.91. The number of hydrogen-bond donors (Lipinski definition) is 0. The van der Waals surface area contributed by atoms with Gasteiger partial charge >= 0.3 is 0 Å². The number of thiophene rings is 1. The Morgan fingerprint density at radius 2 is 1.62 bits per heavy atom. The number of fused-ring (bicyclic) bond motifs is 1. The summed E-state index contributed by atoms with van der Waals surface area (Å²) in [5.74, 6) is 0. The molecular weight excluding hydrogens is 384 g/mol. The molecule has 0 saturated carbocycles. The van der Waals surface area contributed by atoms with Gasteiger partial charge in [-0.1, -0.05) is 30.3 Å². The van der Waals surface area contributed by atoms with Crippen molar-refractivity contribution >= 4 is 42.6 Å². The van der Waals surface area contributed by atoms with E-state index in [0.717, 1.165) is 20.0 Å². The average molecular weight is 399 g/mol. The minimum Gasteiger partial charge on any atom is -0.288 e. The van der Waals surface area contributed by atoms with Gasteiger partial charge in [-0.2, -0.15) is 0 Å². The monoisotopic (exact) mass is 398 g/mol. The van der Waals surface area contributed by atoms with Crippen molar-refractivity contribution in [1.29, 1.82) is 0 Å². The summed E-state index contributed by atoms with van der Waals surface area (Å²) in [6.07, 6.45) is 1.19. The van der Waals surface area contributed by atoms with Gasteiger partial charge in [0, 0.05) is 26.1 Å². The number of sulfone groups is 1. The lowest BCUT2D eigenvalue weighted by Gasteiger charge is -2.10. The third kappa shape index (κ3) is 3.00. The zero-order valence-corrected chi connectivity index (χ0v) is 16.2. The van der Waals surface area contributed by atoms with Crippen LogP contribution in [0.15, 0.2) is 75.7 Å². The Labute approximate surface area is 159 Å². The topological polar surface area (TPSA) is 51.2 Å². The fraction of sp³-hybridized carbons (Fsp3) is 0.0500. The van der Waals surface area contributed by atoms with Gasteiger partial charge in [-0.15, -0.1) is 22.7 Å². The molecule has 0 fully saturated rings. The molecule has 0 bridgehead atoms. The molecule has 2 aromatic carbocycles. The van der Waals surface area contributed by atoms with Crippen molar-refractivity contribution in [3.05, 3.63) is 76.3 Å². The van der Waals surface area contributed by atoms with Crippen molar-refractivity contribution in [3.8, 4) is 20.9 Å². The van der Waals surface area contributed by atoms with Crippen LogP contribution < -0.4 is 5.43 Å². The van der Waals surface area contributed by atoms with Crippen LogP contribution in [0.1, 0.15) is 0 Å². The van der Waals surface area contributed by atoms with Gasteiger partial charge in [0.05, 0.1) is 10.5 Å². The Bertz CT molecular complexity index is 1250. The van der Waals surface area contributed by atoms with Crippen LogP contribution in [0.25, 0.3) is 31.0 Å². The maximum absolute atomic E-state index is 13.2. The number of benzene rings is 2. The fourth-order valence-electron chi connectivity index (χ4n) is 2.84. The largest absolute Gasteiger partial charge is 0.288 e. The summed E-state index contributed by atoms with van der Waals surface area (Å²) in [6, 6.07) is 18.2. The highest BCUT2D eigenvalue weighted by atomic mass is 32.2. The van der Waals surface area contributed by atoms with Gasteiger partial charge in [-0.3, -0.25) is 4.79 Å². The summed E-state index contributed by atoms with van der Waals surface area (Å²) in [7, 11) is -3.25. The lowest BCUT2D eigenvalue weighted by Crippen LogP contribution is -2.05. The molecule has 0 atom stereocenters. The van der Waals surface area contributed by atoms with Gasteiger partial charge < -0.3 is 0 Å². The first kappa shape index (κ1) is 17.1. The van der Waals surface area contributed by atoms with Crippen molar-refractivity contribution in [2.24, 2.45) is 0 Å². The van der Waals surface area contributed by atoms with E-state index < -0.39 is 9.84 Å². The van der Waals surface area contributed by atoms with Gasteiger partial charge in [-0.05, 0) is 41.3 Å². The predicted octanol–water partition coefficient (Wildman–Crippen LogP) is 5.06.